The van der Waals surface area contributed by atoms with Gasteiger partial charge in [0.15, 0.2) is 0 Å². The summed E-state index contributed by atoms with van der Waals surface area (Å²) in [6.45, 7) is 5.97. The third kappa shape index (κ3) is 11.3. The molecule has 0 saturated carbocycles. The standard InChI is InChI=1S/C25H40ClN7O6.ClH/c1-3-4-19(31-25(30)33-22(27)20(24(29)34)32-21(26)23(33)28)17-5-7-18(8-6-17)39-16-15-38-14-13-37-12-11-36-10-9-35-2;/h5-8,19,32H,3-4,9-16,27-28H2,1-2H3,(H2,29,34)(H2,30,31);1H. The summed E-state index contributed by atoms with van der Waals surface area (Å²) in [4.78, 5) is 17.5. The van der Waals surface area contributed by atoms with Crippen LogP contribution in [0.1, 0.15) is 31.4 Å². The zero-order chi connectivity index (χ0) is 28.6. The zero-order valence-corrected chi connectivity index (χ0v) is 24.5. The van der Waals surface area contributed by atoms with Crippen LogP contribution in [-0.2, 0) is 23.7 Å². The molecule has 13 nitrogen and oxygen atoms in total. The van der Waals surface area contributed by atoms with Crippen molar-refractivity contribution >= 4 is 35.9 Å². The van der Waals surface area contributed by atoms with Gasteiger partial charge in [0.25, 0.3) is 5.91 Å². The summed E-state index contributed by atoms with van der Waals surface area (Å²) in [5, 5.41) is 2.53. The van der Waals surface area contributed by atoms with Crippen molar-refractivity contribution in [3.05, 3.63) is 52.3 Å². The summed E-state index contributed by atoms with van der Waals surface area (Å²) in [6, 6.07) is 7.23. The molecule has 0 radical (unpaired) electrons. The van der Waals surface area contributed by atoms with Crippen LogP contribution in [0.2, 0.25) is 0 Å². The first kappa shape index (κ1) is 35.1. The molecule has 0 aliphatic carbocycles. The SMILES string of the molecule is CCCC(N=C(N)N1C(N)=C(Cl)NC(C(N)=O)=C1N)c1ccc(OCCOCCOCCOCCOC)cc1.Cl. The highest BCUT2D eigenvalue weighted by atomic mass is 35.5. The number of carbonyl (C=O) groups is 1. The Morgan fingerprint density at radius 1 is 0.950 bits per heavy atom. The van der Waals surface area contributed by atoms with Crippen molar-refractivity contribution in [2.24, 2.45) is 27.9 Å². The highest BCUT2D eigenvalue weighted by Gasteiger charge is 2.29. The van der Waals surface area contributed by atoms with E-state index < -0.39 is 5.91 Å². The number of nitrogens with zero attached hydrogens (tertiary/aromatic N) is 2. The molecule has 1 amide bonds. The van der Waals surface area contributed by atoms with E-state index in [1.54, 1.807) is 7.11 Å². The molecule has 2 rings (SSSR count). The van der Waals surface area contributed by atoms with Gasteiger partial charge in [0.05, 0.1) is 52.3 Å². The third-order valence-corrected chi connectivity index (χ3v) is 5.75. The van der Waals surface area contributed by atoms with Crippen LogP contribution in [0, 0.1) is 0 Å². The second-order valence-electron chi connectivity index (χ2n) is 8.32. The normalized spacial score (nSPS) is 14.6. The van der Waals surface area contributed by atoms with E-state index in [-0.39, 0.29) is 46.9 Å². The topological polar surface area (TPSA) is 195 Å². The summed E-state index contributed by atoms with van der Waals surface area (Å²) in [5.41, 5.74) is 24.5. The Labute approximate surface area is 246 Å². The van der Waals surface area contributed by atoms with Gasteiger partial charge < -0.3 is 51.9 Å². The molecule has 0 saturated heterocycles. The lowest BCUT2D eigenvalue weighted by Crippen LogP contribution is -2.49. The number of hydrogen-bond acceptors (Lipinski definition) is 10. The fraction of sp³-hybridized carbons (Fsp3) is 0.520. The maximum absolute atomic E-state index is 11.7. The van der Waals surface area contributed by atoms with Crippen LogP contribution in [0.5, 0.6) is 5.75 Å². The number of ether oxygens (including phenoxy) is 5. The maximum atomic E-state index is 11.7. The van der Waals surface area contributed by atoms with Gasteiger partial charge in [-0.15, -0.1) is 12.4 Å². The molecule has 0 bridgehead atoms. The van der Waals surface area contributed by atoms with Gasteiger partial charge in [-0.3, -0.25) is 4.79 Å². The second kappa shape index (κ2) is 19.2. The van der Waals surface area contributed by atoms with Crippen molar-refractivity contribution in [2.75, 3.05) is 60.0 Å². The summed E-state index contributed by atoms with van der Waals surface area (Å²) in [6.07, 6.45) is 1.54. The van der Waals surface area contributed by atoms with Crippen LogP contribution in [0.4, 0.5) is 0 Å². The van der Waals surface area contributed by atoms with Gasteiger partial charge in [-0.1, -0.05) is 37.1 Å². The van der Waals surface area contributed by atoms with Gasteiger partial charge in [0, 0.05) is 7.11 Å². The van der Waals surface area contributed by atoms with Crippen molar-refractivity contribution in [3.8, 4) is 5.75 Å². The molecule has 0 spiro atoms. The smallest absolute Gasteiger partial charge is 0.268 e. The lowest BCUT2D eigenvalue weighted by atomic mass is 10.0. The molecule has 1 aliphatic rings. The first-order chi connectivity index (χ1) is 18.8. The van der Waals surface area contributed by atoms with Gasteiger partial charge in [0.1, 0.15) is 34.9 Å². The first-order valence-corrected chi connectivity index (χ1v) is 13.0. The summed E-state index contributed by atoms with van der Waals surface area (Å²) >= 11 is 6.11. The molecule has 0 aromatic heterocycles. The van der Waals surface area contributed by atoms with Gasteiger partial charge in [0.2, 0.25) is 5.96 Å². The predicted molar refractivity (Wildman–Crippen MR) is 155 cm³/mol. The van der Waals surface area contributed by atoms with Crippen LogP contribution >= 0.6 is 24.0 Å². The van der Waals surface area contributed by atoms with Crippen molar-refractivity contribution < 1.29 is 28.5 Å². The minimum absolute atomic E-state index is 0. The molecule has 1 atom stereocenters. The van der Waals surface area contributed by atoms with Crippen molar-refractivity contribution in [1.29, 1.82) is 0 Å². The largest absolute Gasteiger partial charge is 0.491 e. The van der Waals surface area contributed by atoms with Crippen molar-refractivity contribution in [2.45, 2.75) is 25.8 Å². The molecular weight excluding hydrogens is 565 g/mol. The molecule has 9 N–H and O–H groups in total. The molecule has 226 valence electrons. The number of guanidine groups is 1. The second-order valence-corrected chi connectivity index (χ2v) is 8.70. The molecule has 0 fully saturated rings. The Bertz CT molecular complexity index is 1010. The van der Waals surface area contributed by atoms with E-state index >= 15 is 0 Å². The van der Waals surface area contributed by atoms with E-state index in [1.807, 2.05) is 31.2 Å². The van der Waals surface area contributed by atoms with E-state index in [2.05, 4.69) is 10.3 Å². The summed E-state index contributed by atoms with van der Waals surface area (Å²) < 4.78 is 26.9. The van der Waals surface area contributed by atoms with Gasteiger partial charge in [-0.25, -0.2) is 9.89 Å². The van der Waals surface area contributed by atoms with Gasteiger partial charge in [-0.2, -0.15) is 0 Å². The summed E-state index contributed by atoms with van der Waals surface area (Å²) in [7, 11) is 1.63. The number of methoxy groups -OCH3 is 1. The van der Waals surface area contributed by atoms with Crippen molar-refractivity contribution in [1.82, 2.24) is 10.2 Å². The van der Waals surface area contributed by atoms with E-state index in [4.69, 9.17) is 58.2 Å². The number of rotatable bonds is 18. The Kier molecular flexibility index (Phi) is 16.8. The minimum Gasteiger partial charge on any atom is -0.491 e. The Balaban J connectivity index is 0.00000800. The number of halogens is 2. The van der Waals surface area contributed by atoms with E-state index in [9.17, 15) is 4.79 Å². The number of benzene rings is 1. The molecule has 1 heterocycles. The fourth-order valence-corrected chi connectivity index (χ4v) is 3.68. The average Bonchev–Trinajstić information content (AvgIpc) is 2.91. The predicted octanol–water partition coefficient (Wildman–Crippen LogP) is 1.18. The van der Waals surface area contributed by atoms with Crippen LogP contribution in [0.3, 0.4) is 0 Å². The zero-order valence-electron chi connectivity index (χ0n) is 22.9. The van der Waals surface area contributed by atoms with Crippen molar-refractivity contribution in [3.63, 3.8) is 0 Å². The van der Waals surface area contributed by atoms with Crippen LogP contribution in [0.25, 0.3) is 0 Å². The minimum atomic E-state index is -0.810. The van der Waals surface area contributed by atoms with E-state index in [0.29, 0.717) is 65.0 Å². The number of aliphatic imine (C=N–C) groups is 1. The monoisotopic (exact) mass is 605 g/mol. The number of primary amides is 1. The number of amides is 1. The van der Waals surface area contributed by atoms with Gasteiger partial charge >= 0.3 is 0 Å². The molecule has 1 aromatic rings. The fourth-order valence-electron chi connectivity index (χ4n) is 3.50. The summed E-state index contributed by atoms with van der Waals surface area (Å²) in [5.74, 6) is -0.235. The lowest BCUT2D eigenvalue weighted by molar-refractivity contribution is -0.115. The average molecular weight is 607 g/mol. The molecule has 1 aromatic carbocycles. The quantitative estimate of drug-likeness (QED) is 0.0697. The third-order valence-electron chi connectivity index (χ3n) is 5.46. The van der Waals surface area contributed by atoms with E-state index in [0.717, 1.165) is 12.0 Å². The van der Waals surface area contributed by atoms with Crippen LogP contribution in [0.15, 0.2) is 51.8 Å². The Hall–Kier alpha value is -2.94. The molecule has 40 heavy (non-hydrogen) atoms. The molecule has 15 heteroatoms. The number of hydrogen-bond donors (Lipinski definition) is 5. The number of nitrogens with two attached hydrogens (primary N) is 4. The maximum Gasteiger partial charge on any atom is 0.268 e. The lowest BCUT2D eigenvalue weighted by Gasteiger charge is -2.31. The van der Waals surface area contributed by atoms with Crippen LogP contribution in [-0.4, -0.2) is 76.7 Å². The Morgan fingerprint density at radius 2 is 1.50 bits per heavy atom. The molecule has 1 aliphatic heterocycles. The first-order valence-electron chi connectivity index (χ1n) is 12.6. The highest BCUT2D eigenvalue weighted by Crippen LogP contribution is 2.27. The highest BCUT2D eigenvalue weighted by molar-refractivity contribution is 6.30. The number of nitrogens with one attached hydrogen (secondary N) is 1. The Morgan fingerprint density at radius 3 is 2.02 bits per heavy atom. The van der Waals surface area contributed by atoms with E-state index in [1.165, 1.54) is 4.90 Å². The van der Waals surface area contributed by atoms with Gasteiger partial charge in [-0.05, 0) is 24.1 Å². The molecule has 1 unspecified atom stereocenters. The number of carbonyl (C=O) groups excluding carboxylic acids is 1. The van der Waals surface area contributed by atoms with Crippen LogP contribution < -0.4 is 33.0 Å². The molecular formula is C25H41Cl2N7O6.